The van der Waals surface area contributed by atoms with Crippen LogP contribution >= 0.6 is 0 Å². The molecule has 0 saturated carbocycles. The maximum atomic E-state index is 11.6. The van der Waals surface area contributed by atoms with E-state index in [-0.39, 0.29) is 11.4 Å². The van der Waals surface area contributed by atoms with Gasteiger partial charge in [-0.2, -0.15) is 0 Å². The number of pyridine rings is 1. The first kappa shape index (κ1) is 13.8. The van der Waals surface area contributed by atoms with Crippen LogP contribution < -0.4 is 4.74 Å². The Bertz CT molecular complexity index is 681. The molecule has 6 nitrogen and oxygen atoms in total. The van der Waals surface area contributed by atoms with Crippen molar-refractivity contribution >= 4 is 22.8 Å². The maximum Gasteiger partial charge on any atom is 0.356 e. The molecule has 20 heavy (non-hydrogen) atoms. The highest BCUT2D eigenvalue weighted by Gasteiger charge is 2.14. The van der Waals surface area contributed by atoms with Gasteiger partial charge in [-0.3, -0.25) is 0 Å². The van der Waals surface area contributed by atoms with Crippen molar-refractivity contribution < 1.29 is 24.2 Å². The van der Waals surface area contributed by atoms with E-state index in [2.05, 4.69) is 9.72 Å². The zero-order valence-corrected chi connectivity index (χ0v) is 11.0. The molecule has 0 aliphatic heterocycles. The van der Waals surface area contributed by atoms with Gasteiger partial charge in [-0.25, -0.2) is 14.6 Å². The third-order valence-corrected chi connectivity index (χ3v) is 2.67. The summed E-state index contributed by atoms with van der Waals surface area (Å²) in [5.41, 5.74) is 1.59. The van der Waals surface area contributed by atoms with Crippen LogP contribution in [0.25, 0.3) is 10.9 Å². The van der Waals surface area contributed by atoms with Crippen molar-refractivity contribution in [2.75, 3.05) is 13.7 Å². The Hall–Kier alpha value is -2.63. The summed E-state index contributed by atoms with van der Waals surface area (Å²) >= 11 is 0. The van der Waals surface area contributed by atoms with Gasteiger partial charge in [0.2, 0.25) is 0 Å². The van der Waals surface area contributed by atoms with Gasteiger partial charge in [-0.1, -0.05) is 6.07 Å². The van der Waals surface area contributed by atoms with Crippen LogP contribution in [0.4, 0.5) is 0 Å². The monoisotopic (exact) mass is 275 g/mol. The fraction of sp³-hybridized carbons (Fsp3) is 0.214. The molecule has 104 valence electrons. The molecule has 0 aliphatic rings. The second-order valence-corrected chi connectivity index (χ2v) is 4.20. The quantitative estimate of drug-likeness (QED) is 0.856. The third kappa shape index (κ3) is 2.85. The van der Waals surface area contributed by atoms with E-state index >= 15 is 0 Å². The molecule has 1 aromatic heterocycles. The normalized spacial score (nSPS) is 10.3. The molecular weight excluding hydrogens is 262 g/mol. The van der Waals surface area contributed by atoms with Crippen LogP contribution in [-0.2, 0) is 9.53 Å². The van der Waals surface area contributed by atoms with Crippen molar-refractivity contribution in [1.82, 2.24) is 4.98 Å². The van der Waals surface area contributed by atoms with E-state index in [4.69, 9.17) is 9.84 Å². The van der Waals surface area contributed by atoms with Crippen LogP contribution in [-0.4, -0.2) is 35.7 Å². The summed E-state index contributed by atoms with van der Waals surface area (Å²) in [7, 11) is 1.25. The Balaban J connectivity index is 2.56. The molecule has 0 amide bonds. The van der Waals surface area contributed by atoms with E-state index in [0.717, 1.165) is 5.56 Å². The van der Waals surface area contributed by atoms with E-state index in [0.29, 0.717) is 10.9 Å². The number of fused-ring (bicyclic) bond motifs is 1. The van der Waals surface area contributed by atoms with Gasteiger partial charge in [0.1, 0.15) is 5.75 Å². The summed E-state index contributed by atoms with van der Waals surface area (Å²) in [5.74, 6) is -1.41. The molecular formula is C14H13NO5. The summed E-state index contributed by atoms with van der Waals surface area (Å²) < 4.78 is 9.83. The van der Waals surface area contributed by atoms with Gasteiger partial charge in [-0.05, 0) is 24.6 Å². The average Bonchev–Trinajstić information content (AvgIpc) is 2.42. The number of aliphatic carboxylic acids is 1. The number of carbonyl (C=O) groups excluding carboxylic acids is 1. The minimum Gasteiger partial charge on any atom is -0.481 e. The van der Waals surface area contributed by atoms with Crippen molar-refractivity contribution in [2.24, 2.45) is 0 Å². The van der Waals surface area contributed by atoms with Crippen LogP contribution in [0.15, 0.2) is 24.3 Å². The van der Waals surface area contributed by atoms with Gasteiger partial charge >= 0.3 is 11.9 Å². The smallest absolute Gasteiger partial charge is 0.356 e. The number of carboxylic acid groups (broad SMARTS) is 1. The number of aryl methyl sites for hydroxylation is 1. The molecule has 0 saturated heterocycles. The summed E-state index contributed by atoms with van der Waals surface area (Å²) in [5, 5.41) is 9.33. The van der Waals surface area contributed by atoms with Crippen LogP contribution in [0.1, 0.15) is 16.1 Å². The summed E-state index contributed by atoms with van der Waals surface area (Å²) in [4.78, 5) is 26.4. The molecule has 2 aromatic rings. The standard InChI is InChI=1S/C14H13NO5/c1-8-3-4-9-10(5-8)15-11(14(18)19-2)6-12(9)20-7-13(16)17/h3-6H,7H2,1-2H3,(H,16,17). The van der Waals surface area contributed by atoms with E-state index in [9.17, 15) is 9.59 Å². The number of esters is 1. The number of hydrogen-bond acceptors (Lipinski definition) is 5. The highest BCUT2D eigenvalue weighted by atomic mass is 16.5. The Kier molecular flexibility index (Phi) is 3.84. The van der Waals surface area contributed by atoms with Gasteiger partial charge in [0.25, 0.3) is 0 Å². The second-order valence-electron chi connectivity index (χ2n) is 4.20. The number of benzene rings is 1. The van der Waals surface area contributed by atoms with Gasteiger partial charge in [0.05, 0.1) is 12.6 Å². The Morgan fingerprint density at radius 3 is 2.70 bits per heavy atom. The number of ether oxygens (including phenoxy) is 2. The molecule has 2 rings (SSSR count). The first-order chi connectivity index (χ1) is 9.51. The largest absolute Gasteiger partial charge is 0.481 e. The fourth-order valence-corrected chi connectivity index (χ4v) is 1.77. The molecule has 1 heterocycles. The maximum absolute atomic E-state index is 11.6. The molecule has 0 radical (unpaired) electrons. The van der Waals surface area contributed by atoms with E-state index in [1.54, 1.807) is 12.1 Å². The number of carbonyl (C=O) groups is 2. The SMILES string of the molecule is COC(=O)c1cc(OCC(=O)O)c2ccc(C)cc2n1. The van der Waals surface area contributed by atoms with Gasteiger partial charge < -0.3 is 14.6 Å². The van der Waals surface area contributed by atoms with E-state index in [1.807, 2.05) is 13.0 Å². The molecule has 0 fully saturated rings. The number of rotatable bonds is 4. The zero-order chi connectivity index (χ0) is 14.7. The Morgan fingerprint density at radius 1 is 1.30 bits per heavy atom. The minimum atomic E-state index is -1.10. The lowest BCUT2D eigenvalue weighted by atomic mass is 10.1. The van der Waals surface area contributed by atoms with E-state index in [1.165, 1.54) is 13.2 Å². The number of aromatic nitrogens is 1. The van der Waals surface area contributed by atoms with Crippen LogP contribution in [0, 0.1) is 6.92 Å². The summed E-state index contributed by atoms with van der Waals surface area (Å²) in [6.07, 6.45) is 0. The molecule has 1 aromatic carbocycles. The van der Waals surface area contributed by atoms with Crippen LogP contribution in [0.3, 0.4) is 0 Å². The molecule has 0 spiro atoms. The number of methoxy groups -OCH3 is 1. The first-order valence-electron chi connectivity index (χ1n) is 5.85. The Morgan fingerprint density at radius 2 is 2.05 bits per heavy atom. The van der Waals surface area contributed by atoms with Crippen molar-refractivity contribution in [1.29, 1.82) is 0 Å². The predicted octanol–water partition coefficient (Wildman–Crippen LogP) is 1.79. The molecule has 6 heteroatoms. The molecule has 0 atom stereocenters. The number of nitrogens with zero attached hydrogens (tertiary/aromatic N) is 1. The third-order valence-electron chi connectivity index (χ3n) is 2.67. The van der Waals surface area contributed by atoms with Gasteiger partial charge in [-0.15, -0.1) is 0 Å². The first-order valence-corrected chi connectivity index (χ1v) is 5.85. The van der Waals surface area contributed by atoms with Crippen molar-refractivity contribution in [3.8, 4) is 5.75 Å². The molecule has 0 bridgehead atoms. The number of carboxylic acids is 1. The average molecular weight is 275 g/mol. The lowest BCUT2D eigenvalue weighted by Gasteiger charge is -2.09. The molecule has 0 unspecified atom stereocenters. The van der Waals surface area contributed by atoms with Crippen molar-refractivity contribution in [3.63, 3.8) is 0 Å². The lowest BCUT2D eigenvalue weighted by Crippen LogP contribution is -2.11. The van der Waals surface area contributed by atoms with Crippen molar-refractivity contribution in [3.05, 3.63) is 35.5 Å². The van der Waals surface area contributed by atoms with Crippen LogP contribution in [0.5, 0.6) is 5.75 Å². The minimum absolute atomic E-state index is 0.0750. The zero-order valence-electron chi connectivity index (χ0n) is 11.0. The van der Waals surface area contributed by atoms with Crippen molar-refractivity contribution in [2.45, 2.75) is 6.92 Å². The second kappa shape index (κ2) is 5.56. The van der Waals surface area contributed by atoms with Crippen LogP contribution in [0.2, 0.25) is 0 Å². The summed E-state index contributed by atoms with van der Waals surface area (Å²) in [6.45, 7) is 1.40. The van der Waals surface area contributed by atoms with Gasteiger partial charge in [0, 0.05) is 11.5 Å². The Labute approximate surface area is 115 Å². The predicted molar refractivity (Wildman–Crippen MR) is 71.0 cm³/mol. The van der Waals surface area contributed by atoms with E-state index < -0.39 is 18.5 Å². The molecule has 0 aliphatic carbocycles. The summed E-state index contributed by atoms with van der Waals surface area (Å²) in [6, 6.07) is 6.80. The highest BCUT2D eigenvalue weighted by molar-refractivity contribution is 5.94. The topological polar surface area (TPSA) is 85.7 Å². The lowest BCUT2D eigenvalue weighted by molar-refractivity contribution is -0.139. The molecule has 1 N–H and O–H groups in total. The highest BCUT2D eigenvalue weighted by Crippen LogP contribution is 2.26. The van der Waals surface area contributed by atoms with Gasteiger partial charge in [0.15, 0.2) is 12.3 Å². The fourth-order valence-electron chi connectivity index (χ4n) is 1.77. The number of hydrogen-bond donors (Lipinski definition) is 1.